The number of benzene rings is 9. The van der Waals surface area contributed by atoms with Crippen LogP contribution in [0.5, 0.6) is 0 Å². The van der Waals surface area contributed by atoms with Crippen molar-refractivity contribution in [1.29, 1.82) is 0 Å². The van der Waals surface area contributed by atoms with Gasteiger partial charge in [-0.1, -0.05) is 164 Å². The molecule has 0 aliphatic carbocycles. The van der Waals surface area contributed by atoms with Crippen molar-refractivity contribution in [2.75, 3.05) is 0 Å². The Morgan fingerprint density at radius 1 is 0.293 bits per heavy atom. The topological polar surface area (TPSA) is 65.0 Å². The standard InChI is InChI=1S/C53H31N3O2/c1-2-14-33(15-3-1)51-54-52(42-20-9-8-19-39(42)40-22-11-23-41-45-30-35-17-6-7-18-36(35)31-47(45)58-50(40)41)56-53(55-51)44-25-12-26-46-48(44)43-24-10-21-38(49(43)57-46)37-28-27-32-13-4-5-16-34(32)29-37/h1-31H. The molecule has 0 saturated heterocycles. The predicted molar refractivity (Wildman–Crippen MR) is 237 cm³/mol. The summed E-state index contributed by atoms with van der Waals surface area (Å²) in [5, 5.41) is 8.84. The molecule has 12 rings (SSSR count). The molecule has 0 unspecified atom stereocenters. The molecule has 0 spiro atoms. The van der Waals surface area contributed by atoms with Gasteiger partial charge in [-0.05, 0) is 56.9 Å². The number of furan rings is 2. The van der Waals surface area contributed by atoms with Crippen LogP contribution >= 0.6 is 0 Å². The van der Waals surface area contributed by atoms with Gasteiger partial charge in [-0.15, -0.1) is 0 Å². The number of hydrogen-bond donors (Lipinski definition) is 0. The molecule has 0 aliphatic rings. The van der Waals surface area contributed by atoms with Crippen LogP contribution in [0.25, 0.3) is 122 Å². The molecule has 0 atom stereocenters. The lowest BCUT2D eigenvalue weighted by molar-refractivity contribution is 0.670. The molecule has 0 saturated carbocycles. The van der Waals surface area contributed by atoms with E-state index in [1.807, 2.05) is 48.5 Å². The Kier molecular flexibility index (Phi) is 7.16. The van der Waals surface area contributed by atoms with E-state index >= 15 is 0 Å². The Hall–Kier alpha value is -7.89. The fraction of sp³-hybridized carbons (Fsp3) is 0. The van der Waals surface area contributed by atoms with Gasteiger partial charge in [-0.25, -0.2) is 15.0 Å². The smallest absolute Gasteiger partial charge is 0.164 e. The van der Waals surface area contributed by atoms with E-state index < -0.39 is 0 Å². The van der Waals surface area contributed by atoms with Crippen LogP contribution in [0.3, 0.4) is 0 Å². The van der Waals surface area contributed by atoms with E-state index in [0.29, 0.717) is 17.5 Å². The number of nitrogens with zero attached hydrogens (tertiary/aromatic N) is 3. The predicted octanol–water partition coefficient (Wildman–Crippen LogP) is 14.3. The average Bonchev–Trinajstić information content (AvgIpc) is 3.86. The summed E-state index contributed by atoms with van der Waals surface area (Å²) in [6, 6.07) is 65.0. The van der Waals surface area contributed by atoms with Gasteiger partial charge in [0.15, 0.2) is 17.5 Å². The first-order valence-corrected chi connectivity index (χ1v) is 19.4. The van der Waals surface area contributed by atoms with Gasteiger partial charge < -0.3 is 8.83 Å². The van der Waals surface area contributed by atoms with Gasteiger partial charge in [0.2, 0.25) is 0 Å². The Morgan fingerprint density at radius 3 is 1.69 bits per heavy atom. The zero-order valence-electron chi connectivity index (χ0n) is 31.1. The molecule has 0 amide bonds. The van der Waals surface area contributed by atoms with Gasteiger partial charge in [-0.2, -0.15) is 0 Å². The molecule has 0 N–H and O–H groups in total. The fourth-order valence-electron chi connectivity index (χ4n) is 8.56. The van der Waals surface area contributed by atoms with Crippen molar-refractivity contribution in [2.24, 2.45) is 0 Å². The number of rotatable bonds is 5. The summed E-state index contributed by atoms with van der Waals surface area (Å²) in [5.74, 6) is 1.72. The van der Waals surface area contributed by atoms with Crippen molar-refractivity contribution in [3.63, 3.8) is 0 Å². The highest BCUT2D eigenvalue weighted by atomic mass is 16.3. The van der Waals surface area contributed by atoms with Crippen LogP contribution in [0.15, 0.2) is 197 Å². The molecular weight excluding hydrogens is 711 g/mol. The second-order valence-corrected chi connectivity index (χ2v) is 14.7. The molecule has 0 bridgehead atoms. The van der Waals surface area contributed by atoms with E-state index in [1.165, 1.54) is 16.2 Å². The summed E-state index contributed by atoms with van der Waals surface area (Å²) in [4.78, 5) is 15.7. The van der Waals surface area contributed by atoms with E-state index in [-0.39, 0.29) is 0 Å². The molecule has 0 fully saturated rings. The molecular formula is C53H31N3O2. The van der Waals surface area contributed by atoms with E-state index in [9.17, 15) is 0 Å². The van der Waals surface area contributed by atoms with Crippen molar-refractivity contribution in [2.45, 2.75) is 0 Å². The lowest BCUT2D eigenvalue weighted by Gasteiger charge is -2.12. The van der Waals surface area contributed by atoms with Crippen molar-refractivity contribution in [3.8, 4) is 56.4 Å². The van der Waals surface area contributed by atoms with Crippen LogP contribution in [-0.2, 0) is 0 Å². The van der Waals surface area contributed by atoms with Crippen molar-refractivity contribution < 1.29 is 8.83 Å². The van der Waals surface area contributed by atoms with Crippen LogP contribution in [-0.4, -0.2) is 15.0 Å². The van der Waals surface area contributed by atoms with Crippen LogP contribution in [0.1, 0.15) is 0 Å². The SMILES string of the molecule is c1ccc(-c2nc(-c3ccccc3-c3cccc4c3oc3cc5ccccc5cc34)nc(-c3cccc4oc5c(-c6ccc7ccccc7c6)cccc5c34)n2)cc1. The van der Waals surface area contributed by atoms with Crippen LogP contribution in [0.4, 0.5) is 0 Å². The molecule has 9 aromatic carbocycles. The minimum Gasteiger partial charge on any atom is -0.455 e. The molecule has 12 aromatic rings. The van der Waals surface area contributed by atoms with Crippen LogP contribution < -0.4 is 0 Å². The molecule has 3 heterocycles. The van der Waals surface area contributed by atoms with Gasteiger partial charge in [0.25, 0.3) is 0 Å². The highest BCUT2D eigenvalue weighted by molar-refractivity contribution is 6.16. The first-order valence-electron chi connectivity index (χ1n) is 19.4. The average molecular weight is 742 g/mol. The van der Waals surface area contributed by atoms with Crippen LogP contribution in [0, 0.1) is 0 Å². The lowest BCUT2D eigenvalue weighted by atomic mass is 9.96. The minimum atomic E-state index is 0.566. The maximum atomic E-state index is 6.73. The Bertz CT molecular complexity index is 3580. The quantitative estimate of drug-likeness (QED) is 0.176. The van der Waals surface area contributed by atoms with E-state index in [1.54, 1.807) is 0 Å². The third kappa shape index (κ3) is 5.14. The monoisotopic (exact) mass is 741 g/mol. The zero-order valence-corrected chi connectivity index (χ0v) is 31.1. The lowest BCUT2D eigenvalue weighted by Crippen LogP contribution is -2.01. The molecule has 270 valence electrons. The number of fused-ring (bicyclic) bond motifs is 8. The van der Waals surface area contributed by atoms with Gasteiger partial charge in [-0.3, -0.25) is 0 Å². The fourth-order valence-corrected chi connectivity index (χ4v) is 8.56. The molecule has 0 radical (unpaired) electrons. The largest absolute Gasteiger partial charge is 0.455 e. The minimum absolute atomic E-state index is 0.566. The molecule has 5 heteroatoms. The summed E-state index contributed by atoms with van der Waals surface area (Å²) >= 11 is 0. The van der Waals surface area contributed by atoms with Gasteiger partial charge in [0, 0.05) is 49.4 Å². The van der Waals surface area contributed by atoms with Gasteiger partial charge in [0.05, 0.1) is 0 Å². The highest BCUT2D eigenvalue weighted by Crippen LogP contribution is 2.43. The Morgan fingerprint density at radius 2 is 0.862 bits per heavy atom. The summed E-state index contributed by atoms with van der Waals surface area (Å²) in [6.45, 7) is 0. The van der Waals surface area contributed by atoms with Gasteiger partial charge >= 0.3 is 0 Å². The second kappa shape index (κ2) is 12.8. The summed E-state index contributed by atoms with van der Waals surface area (Å²) in [5.41, 5.74) is 10.0. The first kappa shape index (κ1) is 32.4. The number of para-hydroxylation sites is 2. The van der Waals surface area contributed by atoms with E-state index in [2.05, 4.69) is 140 Å². The number of aromatic nitrogens is 3. The molecule has 5 nitrogen and oxygen atoms in total. The summed E-state index contributed by atoms with van der Waals surface area (Å²) < 4.78 is 13.4. The normalized spacial score (nSPS) is 11.8. The van der Waals surface area contributed by atoms with Crippen molar-refractivity contribution >= 4 is 65.4 Å². The maximum absolute atomic E-state index is 6.73. The van der Waals surface area contributed by atoms with Crippen molar-refractivity contribution in [1.82, 2.24) is 15.0 Å². The van der Waals surface area contributed by atoms with Crippen molar-refractivity contribution in [3.05, 3.63) is 188 Å². The summed E-state index contributed by atoms with van der Waals surface area (Å²) in [6.07, 6.45) is 0. The van der Waals surface area contributed by atoms with Crippen LogP contribution in [0.2, 0.25) is 0 Å². The third-order valence-electron chi connectivity index (χ3n) is 11.3. The molecule has 58 heavy (non-hydrogen) atoms. The van der Waals surface area contributed by atoms with E-state index in [4.69, 9.17) is 23.8 Å². The highest BCUT2D eigenvalue weighted by Gasteiger charge is 2.22. The Balaban J connectivity index is 1.07. The maximum Gasteiger partial charge on any atom is 0.164 e. The molecule has 0 aliphatic heterocycles. The second-order valence-electron chi connectivity index (χ2n) is 14.7. The third-order valence-corrected chi connectivity index (χ3v) is 11.3. The van der Waals surface area contributed by atoms with E-state index in [0.717, 1.165) is 88.2 Å². The zero-order chi connectivity index (χ0) is 38.2. The number of hydrogen-bond acceptors (Lipinski definition) is 5. The van der Waals surface area contributed by atoms with Gasteiger partial charge in [0.1, 0.15) is 22.3 Å². The summed E-state index contributed by atoms with van der Waals surface area (Å²) in [7, 11) is 0. The Labute approximate surface area is 332 Å². The first-order chi connectivity index (χ1) is 28.7. The molecule has 3 aromatic heterocycles.